The summed E-state index contributed by atoms with van der Waals surface area (Å²) in [5.41, 5.74) is 0. The number of aliphatic hydroxyl groups excluding tert-OH is 1. The van der Waals surface area contributed by atoms with Crippen LogP contribution in [0.5, 0.6) is 0 Å². The van der Waals surface area contributed by atoms with Crippen LogP contribution in [0.15, 0.2) is 0 Å². The summed E-state index contributed by atoms with van der Waals surface area (Å²) in [4.78, 5) is 11.0. The van der Waals surface area contributed by atoms with Crippen LogP contribution in [0.3, 0.4) is 0 Å². The summed E-state index contributed by atoms with van der Waals surface area (Å²) in [6, 6.07) is 0. The number of esters is 1. The molecule has 0 amide bonds. The summed E-state index contributed by atoms with van der Waals surface area (Å²) in [5.74, 6) is 5.87. The fraction of sp³-hybridized carbons (Fsp3) is 0.824. The van der Waals surface area contributed by atoms with E-state index in [1.165, 1.54) is 26.2 Å². The molecule has 20 heavy (non-hydrogen) atoms. The van der Waals surface area contributed by atoms with E-state index >= 15 is 0 Å². The minimum Gasteiger partial charge on any atom is -0.449 e. The van der Waals surface area contributed by atoms with Gasteiger partial charge in [0.15, 0.2) is 6.10 Å². The molecule has 3 nitrogen and oxygen atoms in total. The Morgan fingerprint density at radius 1 is 1.15 bits per heavy atom. The van der Waals surface area contributed by atoms with Crippen molar-refractivity contribution in [3.63, 3.8) is 0 Å². The average molecular weight is 282 g/mol. The van der Waals surface area contributed by atoms with Gasteiger partial charge in [-0.05, 0) is 32.1 Å². The molecule has 0 aromatic rings. The molecule has 2 unspecified atom stereocenters. The van der Waals surface area contributed by atoms with E-state index in [4.69, 9.17) is 4.74 Å². The van der Waals surface area contributed by atoms with Crippen LogP contribution in [-0.2, 0) is 9.53 Å². The Labute approximate surface area is 124 Å². The summed E-state index contributed by atoms with van der Waals surface area (Å²) < 4.78 is 5.20. The first-order valence-corrected chi connectivity index (χ1v) is 7.93. The van der Waals surface area contributed by atoms with Gasteiger partial charge in [-0.25, -0.2) is 0 Å². The van der Waals surface area contributed by atoms with Crippen LogP contribution in [0, 0.1) is 11.8 Å². The van der Waals surface area contributed by atoms with Crippen molar-refractivity contribution in [2.45, 2.75) is 90.8 Å². The van der Waals surface area contributed by atoms with Crippen LogP contribution >= 0.6 is 0 Å². The molecule has 3 heteroatoms. The van der Waals surface area contributed by atoms with E-state index in [0.717, 1.165) is 32.1 Å². The van der Waals surface area contributed by atoms with Gasteiger partial charge in [0.2, 0.25) is 0 Å². The smallest absolute Gasteiger partial charge is 0.303 e. The second-order valence-corrected chi connectivity index (χ2v) is 5.22. The number of rotatable bonds is 10. The summed E-state index contributed by atoms with van der Waals surface area (Å²) >= 11 is 0. The Morgan fingerprint density at radius 2 is 1.90 bits per heavy atom. The number of carbonyl (C=O) groups excluding carboxylic acids is 1. The Morgan fingerprint density at radius 3 is 2.50 bits per heavy atom. The molecule has 0 heterocycles. The number of unbranched alkanes of at least 4 members (excludes halogenated alkanes) is 4. The number of hydrogen-bond donors (Lipinski definition) is 1. The van der Waals surface area contributed by atoms with Gasteiger partial charge < -0.3 is 9.84 Å². The second kappa shape index (κ2) is 13.0. The highest BCUT2D eigenvalue weighted by molar-refractivity contribution is 5.66. The molecular formula is C17H30O3. The lowest BCUT2D eigenvalue weighted by atomic mass is 10.1. The van der Waals surface area contributed by atoms with Crippen LogP contribution < -0.4 is 0 Å². The first-order chi connectivity index (χ1) is 9.60. The molecule has 1 N–H and O–H groups in total. The largest absolute Gasteiger partial charge is 0.449 e. The summed E-state index contributed by atoms with van der Waals surface area (Å²) in [6.07, 6.45) is 8.15. The number of ether oxygens (including phenoxy) is 1. The number of aliphatic hydroxyl groups is 1. The van der Waals surface area contributed by atoms with E-state index in [2.05, 4.69) is 18.8 Å². The molecule has 0 aromatic heterocycles. The van der Waals surface area contributed by atoms with Crippen molar-refractivity contribution in [2.24, 2.45) is 0 Å². The molecule has 0 spiro atoms. The van der Waals surface area contributed by atoms with Crippen LogP contribution in [0.2, 0.25) is 0 Å². The third kappa shape index (κ3) is 12.0. The van der Waals surface area contributed by atoms with Crippen molar-refractivity contribution in [1.29, 1.82) is 0 Å². The molecule has 0 fully saturated rings. The Balaban J connectivity index is 4.01. The van der Waals surface area contributed by atoms with E-state index < -0.39 is 0 Å². The zero-order chi connectivity index (χ0) is 15.2. The molecule has 2 atom stereocenters. The predicted molar refractivity (Wildman–Crippen MR) is 82.2 cm³/mol. The number of carbonyl (C=O) groups is 1. The first-order valence-electron chi connectivity index (χ1n) is 7.93. The van der Waals surface area contributed by atoms with E-state index in [-0.39, 0.29) is 18.2 Å². The maximum atomic E-state index is 11.0. The third-order valence-electron chi connectivity index (χ3n) is 3.20. The van der Waals surface area contributed by atoms with Crippen molar-refractivity contribution in [2.75, 3.05) is 0 Å². The van der Waals surface area contributed by atoms with Crippen LogP contribution in [0.4, 0.5) is 0 Å². The molecule has 0 aromatic carbocycles. The maximum absolute atomic E-state index is 11.0. The van der Waals surface area contributed by atoms with Crippen molar-refractivity contribution in [1.82, 2.24) is 0 Å². The molecule has 0 aliphatic heterocycles. The normalized spacial score (nSPS) is 13.2. The van der Waals surface area contributed by atoms with Gasteiger partial charge in [-0.15, -0.1) is 0 Å². The molecule has 0 radical (unpaired) electrons. The molecule has 0 aliphatic rings. The lowest BCUT2D eigenvalue weighted by molar-refractivity contribution is -0.144. The van der Waals surface area contributed by atoms with Gasteiger partial charge in [0.1, 0.15) is 0 Å². The maximum Gasteiger partial charge on any atom is 0.303 e. The van der Waals surface area contributed by atoms with Gasteiger partial charge in [0.05, 0.1) is 6.10 Å². The van der Waals surface area contributed by atoms with Gasteiger partial charge in [-0.3, -0.25) is 4.79 Å². The quantitative estimate of drug-likeness (QED) is 0.376. The Kier molecular flexibility index (Phi) is 12.3. The SMILES string of the molecule is CCCCCCC#CC(CCCC(O)CC)OC(C)=O. The van der Waals surface area contributed by atoms with Gasteiger partial charge in [0, 0.05) is 13.3 Å². The van der Waals surface area contributed by atoms with Gasteiger partial charge in [-0.1, -0.05) is 45.0 Å². The van der Waals surface area contributed by atoms with Crippen LogP contribution in [0.25, 0.3) is 0 Å². The fourth-order valence-electron chi connectivity index (χ4n) is 1.93. The lowest BCUT2D eigenvalue weighted by Crippen LogP contribution is -2.15. The number of hydrogen-bond acceptors (Lipinski definition) is 3. The third-order valence-corrected chi connectivity index (χ3v) is 3.20. The average Bonchev–Trinajstić information content (AvgIpc) is 2.41. The predicted octanol–water partition coefficient (Wildman–Crippen LogP) is 3.83. The lowest BCUT2D eigenvalue weighted by Gasteiger charge is -2.12. The highest BCUT2D eigenvalue weighted by atomic mass is 16.5. The minimum atomic E-state index is -0.317. The molecule has 0 bridgehead atoms. The van der Waals surface area contributed by atoms with Crippen LogP contribution in [-0.4, -0.2) is 23.3 Å². The van der Waals surface area contributed by atoms with E-state index in [1.807, 2.05) is 6.92 Å². The van der Waals surface area contributed by atoms with E-state index in [0.29, 0.717) is 6.42 Å². The first kappa shape index (κ1) is 19.0. The van der Waals surface area contributed by atoms with Crippen LogP contribution in [0.1, 0.15) is 78.6 Å². The van der Waals surface area contributed by atoms with Gasteiger partial charge in [-0.2, -0.15) is 0 Å². The standard InChI is InChI=1S/C17H30O3/c1-4-6-7-8-9-10-13-17(20-15(3)18)14-11-12-16(19)5-2/h16-17,19H,4-9,11-12,14H2,1-3H3. The van der Waals surface area contributed by atoms with E-state index in [9.17, 15) is 9.90 Å². The highest BCUT2D eigenvalue weighted by Crippen LogP contribution is 2.09. The van der Waals surface area contributed by atoms with Gasteiger partial charge in [0.25, 0.3) is 0 Å². The second-order valence-electron chi connectivity index (χ2n) is 5.22. The minimum absolute atomic E-state index is 0.255. The van der Waals surface area contributed by atoms with Crippen molar-refractivity contribution in [3.8, 4) is 11.8 Å². The molecule has 0 saturated carbocycles. The zero-order valence-corrected chi connectivity index (χ0v) is 13.3. The van der Waals surface area contributed by atoms with Crippen molar-refractivity contribution in [3.05, 3.63) is 0 Å². The van der Waals surface area contributed by atoms with Crippen molar-refractivity contribution < 1.29 is 14.6 Å². The van der Waals surface area contributed by atoms with Gasteiger partial charge >= 0.3 is 5.97 Å². The fourth-order valence-corrected chi connectivity index (χ4v) is 1.93. The molecule has 0 aliphatic carbocycles. The summed E-state index contributed by atoms with van der Waals surface area (Å²) in [6.45, 7) is 5.56. The topological polar surface area (TPSA) is 46.5 Å². The van der Waals surface area contributed by atoms with E-state index in [1.54, 1.807) is 0 Å². The highest BCUT2D eigenvalue weighted by Gasteiger charge is 2.09. The molecular weight excluding hydrogens is 252 g/mol. The molecule has 116 valence electrons. The summed E-state index contributed by atoms with van der Waals surface area (Å²) in [5, 5.41) is 9.51. The Hall–Kier alpha value is -1.01. The zero-order valence-electron chi connectivity index (χ0n) is 13.3. The Bertz CT molecular complexity index is 301. The molecule has 0 saturated heterocycles. The monoisotopic (exact) mass is 282 g/mol. The molecule has 0 rings (SSSR count). The van der Waals surface area contributed by atoms with Crippen molar-refractivity contribution >= 4 is 5.97 Å². The summed E-state index contributed by atoms with van der Waals surface area (Å²) in [7, 11) is 0.